The van der Waals surface area contributed by atoms with Crippen LogP contribution < -0.4 is 4.74 Å². The van der Waals surface area contributed by atoms with Crippen LogP contribution in [-0.4, -0.2) is 18.2 Å². The van der Waals surface area contributed by atoms with Gasteiger partial charge in [-0.15, -0.1) is 0 Å². The first-order chi connectivity index (χ1) is 8.01. The van der Waals surface area contributed by atoms with Gasteiger partial charge in [0.25, 0.3) is 6.43 Å². The van der Waals surface area contributed by atoms with E-state index in [1.54, 1.807) is 0 Å². The molecule has 3 nitrogen and oxygen atoms in total. The van der Waals surface area contributed by atoms with E-state index < -0.39 is 17.8 Å². The molecule has 0 amide bonds. The number of methoxy groups -OCH3 is 1. The van der Waals surface area contributed by atoms with Crippen molar-refractivity contribution in [2.24, 2.45) is 0 Å². The minimum Gasteiger partial charge on any atom is -0.497 e. The van der Waals surface area contributed by atoms with Crippen molar-refractivity contribution in [3.8, 4) is 5.75 Å². The lowest BCUT2D eigenvalue weighted by Gasteiger charge is -2.16. The van der Waals surface area contributed by atoms with Gasteiger partial charge in [0.15, 0.2) is 0 Å². The van der Waals surface area contributed by atoms with Crippen LogP contribution in [0.25, 0.3) is 0 Å². The molecule has 2 rings (SSSR count). The van der Waals surface area contributed by atoms with Crippen molar-refractivity contribution in [1.29, 1.82) is 0 Å². The Balaban J connectivity index is 2.53. The third-order valence-electron chi connectivity index (χ3n) is 3.17. The van der Waals surface area contributed by atoms with E-state index >= 15 is 0 Å². The lowest BCUT2D eigenvalue weighted by atomic mass is 9.91. The van der Waals surface area contributed by atoms with Gasteiger partial charge in [-0.2, -0.15) is 0 Å². The second-order valence-corrected chi connectivity index (χ2v) is 4.14. The van der Waals surface area contributed by atoms with E-state index in [1.807, 2.05) is 0 Å². The molecule has 1 N–H and O–H groups in total. The van der Waals surface area contributed by atoms with Gasteiger partial charge in [-0.25, -0.2) is 8.78 Å². The lowest BCUT2D eigenvalue weighted by Crippen LogP contribution is -2.21. The molecule has 0 aromatic heterocycles. The van der Waals surface area contributed by atoms with Gasteiger partial charge in [0.05, 0.1) is 12.5 Å². The fraction of sp³-hybridized carbons (Fsp3) is 0.417. The summed E-state index contributed by atoms with van der Waals surface area (Å²) in [6, 6.07) is 4.06. The highest BCUT2D eigenvalue weighted by molar-refractivity contribution is 5.85. The third kappa shape index (κ3) is 1.85. The second-order valence-electron chi connectivity index (χ2n) is 4.14. The highest BCUT2D eigenvalue weighted by Gasteiger charge is 2.53. The predicted octanol–water partition coefficient (Wildman–Crippen LogP) is 2.75. The van der Waals surface area contributed by atoms with Crippen LogP contribution in [0.3, 0.4) is 0 Å². The highest BCUT2D eigenvalue weighted by atomic mass is 19.3. The molecule has 1 aromatic rings. The topological polar surface area (TPSA) is 46.5 Å². The molecule has 0 spiro atoms. The SMILES string of the molecule is COc1ccc(C(F)F)c(C2(C(=O)O)CC2)c1. The summed E-state index contributed by atoms with van der Waals surface area (Å²) in [6.07, 6.45) is -1.88. The molecule has 0 aliphatic heterocycles. The standard InChI is InChI=1S/C12H12F2O3/c1-17-7-2-3-8(10(13)14)9(6-7)12(4-5-12)11(15)16/h2-3,6,10H,4-5H2,1H3,(H,15,16). The first-order valence-electron chi connectivity index (χ1n) is 5.21. The zero-order valence-electron chi connectivity index (χ0n) is 9.24. The van der Waals surface area contributed by atoms with Gasteiger partial charge in [0, 0.05) is 5.56 Å². The molecule has 1 fully saturated rings. The van der Waals surface area contributed by atoms with E-state index in [-0.39, 0.29) is 11.1 Å². The van der Waals surface area contributed by atoms with Gasteiger partial charge < -0.3 is 9.84 Å². The summed E-state index contributed by atoms with van der Waals surface area (Å²) in [5.74, 6) is -0.649. The van der Waals surface area contributed by atoms with Crippen molar-refractivity contribution in [2.45, 2.75) is 24.7 Å². The minimum atomic E-state index is -2.67. The summed E-state index contributed by atoms with van der Waals surface area (Å²) in [4.78, 5) is 11.2. The number of hydrogen-bond donors (Lipinski definition) is 1. The number of rotatable bonds is 4. The Kier molecular flexibility index (Phi) is 2.77. The Morgan fingerprint density at radius 2 is 2.12 bits per heavy atom. The van der Waals surface area contributed by atoms with Crippen LogP contribution in [0.5, 0.6) is 5.75 Å². The van der Waals surface area contributed by atoms with E-state index in [0.29, 0.717) is 18.6 Å². The van der Waals surface area contributed by atoms with Gasteiger partial charge in [-0.05, 0) is 36.6 Å². The predicted molar refractivity (Wildman–Crippen MR) is 56.5 cm³/mol. The molecule has 0 saturated heterocycles. The first kappa shape index (κ1) is 11.8. The lowest BCUT2D eigenvalue weighted by molar-refractivity contribution is -0.140. The Morgan fingerprint density at radius 1 is 1.47 bits per heavy atom. The quantitative estimate of drug-likeness (QED) is 0.883. The third-order valence-corrected chi connectivity index (χ3v) is 3.17. The number of carboxylic acids is 1. The molecule has 0 heterocycles. The summed E-state index contributed by atoms with van der Waals surface area (Å²) in [5, 5.41) is 9.14. The van der Waals surface area contributed by atoms with Crippen LogP contribution in [0.2, 0.25) is 0 Å². The van der Waals surface area contributed by atoms with E-state index in [4.69, 9.17) is 9.84 Å². The molecule has 1 aromatic carbocycles. The second kappa shape index (κ2) is 3.98. The molecular formula is C12H12F2O3. The molecule has 0 atom stereocenters. The van der Waals surface area contributed by atoms with Crippen LogP contribution >= 0.6 is 0 Å². The molecule has 1 aliphatic rings. The monoisotopic (exact) mass is 242 g/mol. The number of hydrogen-bond acceptors (Lipinski definition) is 2. The maximum Gasteiger partial charge on any atom is 0.314 e. The van der Waals surface area contributed by atoms with Crippen LogP contribution in [0.4, 0.5) is 8.78 Å². The van der Waals surface area contributed by atoms with E-state index in [0.717, 1.165) is 0 Å². The summed E-state index contributed by atoms with van der Waals surface area (Å²) in [5.41, 5.74) is -1.18. The summed E-state index contributed by atoms with van der Waals surface area (Å²) in [7, 11) is 1.42. The number of aliphatic carboxylic acids is 1. The average molecular weight is 242 g/mol. The summed E-state index contributed by atoms with van der Waals surface area (Å²) >= 11 is 0. The molecule has 0 unspecified atom stereocenters. The van der Waals surface area contributed by atoms with Crippen LogP contribution in [0.15, 0.2) is 18.2 Å². The summed E-state index contributed by atoms with van der Waals surface area (Å²) in [6.45, 7) is 0. The van der Waals surface area contributed by atoms with Crippen LogP contribution in [0.1, 0.15) is 30.4 Å². The normalized spacial score (nSPS) is 16.9. The molecule has 1 saturated carbocycles. The molecule has 0 bridgehead atoms. The van der Waals surface area contributed by atoms with Crippen molar-refractivity contribution in [3.05, 3.63) is 29.3 Å². The zero-order chi connectivity index (χ0) is 12.6. The van der Waals surface area contributed by atoms with Gasteiger partial charge >= 0.3 is 5.97 Å². The molecule has 17 heavy (non-hydrogen) atoms. The smallest absolute Gasteiger partial charge is 0.314 e. The fourth-order valence-electron chi connectivity index (χ4n) is 1.99. The number of carbonyl (C=O) groups is 1. The number of alkyl halides is 2. The number of benzene rings is 1. The van der Waals surface area contributed by atoms with Crippen molar-refractivity contribution in [1.82, 2.24) is 0 Å². The zero-order valence-corrected chi connectivity index (χ0v) is 9.24. The Morgan fingerprint density at radius 3 is 2.53 bits per heavy atom. The van der Waals surface area contributed by atoms with E-state index in [1.165, 1.54) is 25.3 Å². The van der Waals surface area contributed by atoms with E-state index in [9.17, 15) is 13.6 Å². The van der Waals surface area contributed by atoms with Crippen molar-refractivity contribution >= 4 is 5.97 Å². The van der Waals surface area contributed by atoms with Gasteiger partial charge in [-0.1, -0.05) is 0 Å². The molecule has 1 aliphatic carbocycles. The maximum absolute atomic E-state index is 12.9. The fourth-order valence-corrected chi connectivity index (χ4v) is 1.99. The number of halogens is 2. The molecule has 5 heteroatoms. The molecular weight excluding hydrogens is 230 g/mol. The van der Waals surface area contributed by atoms with Crippen molar-refractivity contribution < 1.29 is 23.4 Å². The average Bonchev–Trinajstić information content (AvgIpc) is 3.09. The first-order valence-corrected chi connectivity index (χ1v) is 5.21. The van der Waals surface area contributed by atoms with E-state index in [2.05, 4.69) is 0 Å². The van der Waals surface area contributed by atoms with Crippen LogP contribution in [-0.2, 0) is 10.2 Å². The number of ether oxygens (including phenoxy) is 1. The highest BCUT2D eigenvalue weighted by Crippen LogP contribution is 2.51. The molecule has 92 valence electrons. The van der Waals surface area contributed by atoms with Crippen LogP contribution in [0, 0.1) is 0 Å². The van der Waals surface area contributed by atoms with Crippen molar-refractivity contribution in [2.75, 3.05) is 7.11 Å². The Labute approximate surface area is 97.0 Å². The van der Waals surface area contributed by atoms with Crippen molar-refractivity contribution in [3.63, 3.8) is 0 Å². The van der Waals surface area contributed by atoms with Gasteiger partial charge in [0.1, 0.15) is 5.75 Å². The Hall–Kier alpha value is -1.65. The number of carboxylic acid groups (broad SMARTS) is 1. The molecule has 0 radical (unpaired) electrons. The van der Waals surface area contributed by atoms with Gasteiger partial charge in [0.2, 0.25) is 0 Å². The Bertz CT molecular complexity index is 453. The summed E-state index contributed by atoms with van der Waals surface area (Å²) < 4.78 is 30.7. The van der Waals surface area contributed by atoms with Gasteiger partial charge in [-0.3, -0.25) is 4.79 Å². The minimum absolute atomic E-state index is 0.180. The maximum atomic E-state index is 12.9. The largest absolute Gasteiger partial charge is 0.497 e.